The van der Waals surface area contributed by atoms with Gasteiger partial charge in [0.15, 0.2) is 0 Å². The van der Waals surface area contributed by atoms with Gasteiger partial charge in [0.2, 0.25) is 0 Å². The molecule has 1 heterocycles. The zero-order valence-corrected chi connectivity index (χ0v) is 10.7. The lowest BCUT2D eigenvalue weighted by Crippen LogP contribution is -2.37. The molecule has 0 radical (unpaired) electrons. The molecule has 0 atom stereocenters. The highest BCUT2D eigenvalue weighted by atomic mass is 16.6. The summed E-state index contributed by atoms with van der Waals surface area (Å²) in [6.45, 7) is 11.5. The highest BCUT2D eigenvalue weighted by Gasteiger charge is 2.36. The molecule has 1 rings (SSSR count). The maximum absolute atomic E-state index is 11.8. The van der Waals surface area contributed by atoms with Crippen molar-refractivity contribution < 1.29 is 14.3 Å². The number of carbonyl (C=O) groups is 2. The van der Waals surface area contributed by atoms with Gasteiger partial charge in [-0.2, -0.15) is 0 Å². The van der Waals surface area contributed by atoms with Crippen LogP contribution in [0.3, 0.4) is 0 Å². The Balaban J connectivity index is 2.82. The molecular weight excluding hydrogens is 220 g/mol. The van der Waals surface area contributed by atoms with E-state index < -0.39 is 17.6 Å². The van der Waals surface area contributed by atoms with E-state index in [0.717, 1.165) is 4.90 Å². The SMILES string of the molecule is C=C1C(=O)N(C(=O)OC(C)(C)C)C/C1=N/CC. The van der Waals surface area contributed by atoms with E-state index in [9.17, 15) is 9.59 Å². The number of hydrogen-bond acceptors (Lipinski definition) is 4. The van der Waals surface area contributed by atoms with Gasteiger partial charge in [0, 0.05) is 6.54 Å². The van der Waals surface area contributed by atoms with E-state index in [4.69, 9.17) is 4.74 Å². The van der Waals surface area contributed by atoms with Crippen molar-refractivity contribution in [2.75, 3.05) is 13.1 Å². The summed E-state index contributed by atoms with van der Waals surface area (Å²) < 4.78 is 5.14. The lowest BCUT2D eigenvalue weighted by molar-refractivity contribution is -0.124. The summed E-state index contributed by atoms with van der Waals surface area (Å²) >= 11 is 0. The zero-order chi connectivity index (χ0) is 13.2. The minimum atomic E-state index is -0.648. The van der Waals surface area contributed by atoms with Crippen molar-refractivity contribution in [3.8, 4) is 0 Å². The van der Waals surface area contributed by atoms with Crippen LogP contribution in [0.2, 0.25) is 0 Å². The van der Waals surface area contributed by atoms with E-state index in [1.165, 1.54) is 0 Å². The highest BCUT2D eigenvalue weighted by Crippen LogP contribution is 2.17. The third-order valence-electron chi connectivity index (χ3n) is 2.12. The van der Waals surface area contributed by atoms with Gasteiger partial charge in [0.25, 0.3) is 5.91 Å². The quantitative estimate of drug-likeness (QED) is 0.654. The second-order valence-electron chi connectivity index (χ2n) is 4.77. The van der Waals surface area contributed by atoms with Crippen molar-refractivity contribution >= 4 is 17.7 Å². The Morgan fingerprint density at radius 2 is 2.12 bits per heavy atom. The van der Waals surface area contributed by atoms with Gasteiger partial charge in [-0.3, -0.25) is 9.79 Å². The van der Waals surface area contributed by atoms with Gasteiger partial charge in [0.05, 0.1) is 17.8 Å². The molecule has 0 spiro atoms. The number of rotatable bonds is 1. The van der Waals surface area contributed by atoms with Crippen molar-refractivity contribution in [3.05, 3.63) is 12.2 Å². The van der Waals surface area contributed by atoms with Crippen LogP contribution in [0.5, 0.6) is 0 Å². The predicted molar refractivity (Wildman–Crippen MR) is 65.1 cm³/mol. The van der Waals surface area contributed by atoms with Crippen molar-refractivity contribution in [3.63, 3.8) is 0 Å². The van der Waals surface area contributed by atoms with Gasteiger partial charge in [-0.25, -0.2) is 9.69 Å². The third kappa shape index (κ3) is 3.15. The molecule has 0 aromatic carbocycles. The molecular formula is C12H18N2O3. The summed E-state index contributed by atoms with van der Waals surface area (Å²) in [6.07, 6.45) is -0.648. The Labute approximate surface area is 101 Å². The zero-order valence-electron chi connectivity index (χ0n) is 10.7. The van der Waals surface area contributed by atoms with E-state index in [0.29, 0.717) is 12.3 Å². The van der Waals surface area contributed by atoms with Crippen molar-refractivity contribution in [1.29, 1.82) is 0 Å². The summed E-state index contributed by atoms with van der Waals surface area (Å²) in [4.78, 5) is 28.7. The fraction of sp³-hybridized carbons (Fsp3) is 0.583. The molecule has 1 aliphatic heterocycles. The van der Waals surface area contributed by atoms with Crippen LogP contribution in [0.1, 0.15) is 27.7 Å². The molecule has 1 fully saturated rings. The smallest absolute Gasteiger partial charge is 0.417 e. The van der Waals surface area contributed by atoms with Crippen molar-refractivity contribution in [1.82, 2.24) is 4.90 Å². The van der Waals surface area contributed by atoms with Gasteiger partial charge in [-0.15, -0.1) is 0 Å². The molecule has 1 aliphatic rings. The summed E-state index contributed by atoms with van der Waals surface area (Å²) in [5.41, 5.74) is 0.213. The Morgan fingerprint density at radius 3 is 2.59 bits per heavy atom. The second-order valence-corrected chi connectivity index (χ2v) is 4.77. The Bertz CT molecular complexity index is 391. The molecule has 1 saturated heterocycles. The molecule has 0 aromatic heterocycles. The Kier molecular flexibility index (Phi) is 3.70. The summed E-state index contributed by atoms with van der Waals surface area (Å²) in [6, 6.07) is 0. The topological polar surface area (TPSA) is 59.0 Å². The van der Waals surface area contributed by atoms with Gasteiger partial charge >= 0.3 is 6.09 Å². The number of likely N-dealkylation sites (tertiary alicyclic amines) is 1. The lowest BCUT2D eigenvalue weighted by atomic mass is 10.2. The standard InChI is InChI=1S/C12H18N2O3/c1-6-13-9-7-14(10(15)8(9)2)11(16)17-12(3,4)5/h2,6-7H2,1,3-5H3/b13-9-. The average molecular weight is 238 g/mol. The number of ether oxygens (including phenoxy) is 1. The molecule has 5 nitrogen and oxygen atoms in total. The van der Waals surface area contributed by atoms with Crippen LogP contribution in [-0.4, -0.2) is 41.3 Å². The minimum absolute atomic E-state index is 0.153. The normalized spacial score (nSPS) is 19.1. The van der Waals surface area contributed by atoms with Crippen LogP contribution in [0, 0.1) is 0 Å². The average Bonchev–Trinajstić information content (AvgIpc) is 2.44. The van der Waals surface area contributed by atoms with Crippen LogP contribution in [-0.2, 0) is 9.53 Å². The largest absolute Gasteiger partial charge is 0.443 e. The maximum atomic E-state index is 11.8. The minimum Gasteiger partial charge on any atom is -0.443 e. The molecule has 5 heteroatoms. The van der Waals surface area contributed by atoms with Gasteiger partial charge < -0.3 is 4.74 Å². The van der Waals surface area contributed by atoms with E-state index in [1.54, 1.807) is 20.8 Å². The van der Waals surface area contributed by atoms with E-state index in [2.05, 4.69) is 11.6 Å². The van der Waals surface area contributed by atoms with Crippen molar-refractivity contribution in [2.45, 2.75) is 33.3 Å². The number of carbonyl (C=O) groups excluding carboxylic acids is 2. The number of amides is 2. The van der Waals surface area contributed by atoms with Crippen LogP contribution in [0.25, 0.3) is 0 Å². The lowest BCUT2D eigenvalue weighted by Gasteiger charge is -2.22. The van der Waals surface area contributed by atoms with Gasteiger partial charge in [-0.05, 0) is 27.7 Å². The monoisotopic (exact) mass is 238 g/mol. The Hall–Kier alpha value is -1.65. The molecule has 94 valence electrons. The van der Waals surface area contributed by atoms with Crippen molar-refractivity contribution in [2.24, 2.45) is 4.99 Å². The first-order chi connectivity index (χ1) is 7.76. The maximum Gasteiger partial charge on any atom is 0.417 e. The van der Waals surface area contributed by atoms with E-state index in [-0.39, 0.29) is 12.1 Å². The molecule has 0 N–H and O–H groups in total. The molecule has 0 bridgehead atoms. The second kappa shape index (κ2) is 4.69. The number of hydrogen-bond donors (Lipinski definition) is 0. The fourth-order valence-corrected chi connectivity index (χ4v) is 1.40. The van der Waals surface area contributed by atoms with Gasteiger partial charge in [0.1, 0.15) is 5.60 Å². The molecule has 0 saturated carbocycles. The first-order valence-electron chi connectivity index (χ1n) is 5.53. The molecule has 0 aliphatic carbocycles. The van der Waals surface area contributed by atoms with Crippen LogP contribution in [0.15, 0.2) is 17.1 Å². The Morgan fingerprint density at radius 1 is 1.53 bits per heavy atom. The third-order valence-corrected chi connectivity index (χ3v) is 2.12. The summed E-state index contributed by atoms with van der Waals surface area (Å²) in [5, 5.41) is 0. The van der Waals surface area contributed by atoms with E-state index >= 15 is 0 Å². The van der Waals surface area contributed by atoms with E-state index in [1.807, 2.05) is 6.92 Å². The number of aliphatic imine (C=N–C) groups is 1. The molecule has 17 heavy (non-hydrogen) atoms. The predicted octanol–water partition coefficient (Wildman–Crippen LogP) is 1.78. The van der Waals surface area contributed by atoms with Crippen LogP contribution >= 0.6 is 0 Å². The molecule has 0 aromatic rings. The van der Waals surface area contributed by atoms with Crippen LogP contribution < -0.4 is 0 Å². The molecule has 0 unspecified atom stereocenters. The van der Waals surface area contributed by atoms with Crippen LogP contribution in [0.4, 0.5) is 4.79 Å². The highest BCUT2D eigenvalue weighted by molar-refractivity contribution is 6.29. The molecule has 2 amide bonds. The first-order valence-corrected chi connectivity index (χ1v) is 5.53. The summed E-state index contributed by atoms with van der Waals surface area (Å²) in [7, 11) is 0. The summed E-state index contributed by atoms with van der Waals surface area (Å²) in [5.74, 6) is -0.425. The number of imide groups is 1. The fourth-order valence-electron chi connectivity index (χ4n) is 1.40. The number of nitrogens with zero attached hydrogens (tertiary/aromatic N) is 2. The first kappa shape index (κ1) is 13.4. The van der Waals surface area contributed by atoms with Gasteiger partial charge in [-0.1, -0.05) is 6.58 Å².